The Kier molecular flexibility index (Phi) is 3.45. The number of nitrogens with zero attached hydrogens (tertiary/aromatic N) is 6. The zero-order chi connectivity index (χ0) is 17.7. The lowest BCUT2D eigenvalue weighted by atomic mass is 9.98. The molecule has 2 N–H and O–H groups in total. The first-order valence-electron chi connectivity index (χ1n) is 8.13. The number of carbonyl (C=O) groups is 1. The first-order valence-corrected chi connectivity index (χ1v) is 8.13. The molecule has 0 radical (unpaired) electrons. The van der Waals surface area contributed by atoms with Gasteiger partial charge in [0, 0.05) is 31.8 Å². The minimum Gasteiger partial charge on any atom is -0.364 e. The highest BCUT2D eigenvalue weighted by atomic mass is 16.2. The van der Waals surface area contributed by atoms with Crippen LogP contribution in [-0.2, 0) is 11.8 Å². The minimum atomic E-state index is -0.105. The Balaban J connectivity index is 1.75. The van der Waals surface area contributed by atoms with Crippen molar-refractivity contribution in [1.82, 2.24) is 34.8 Å². The van der Waals surface area contributed by atoms with Crippen molar-refractivity contribution >= 4 is 22.8 Å². The van der Waals surface area contributed by atoms with E-state index >= 15 is 0 Å². The Morgan fingerprint density at radius 3 is 2.80 bits per heavy atom. The van der Waals surface area contributed by atoms with Gasteiger partial charge in [-0.3, -0.25) is 14.6 Å². The zero-order valence-corrected chi connectivity index (χ0v) is 14.6. The van der Waals surface area contributed by atoms with E-state index in [9.17, 15) is 4.79 Å². The van der Waals surface area contributed by atoms with Crippen LogP contribution in [-0.4, -0.2) is 53.8 Å². The molecule has 0 aliphatic carbocycles. The second-order valence-electron chi connectivity index (χ2n) is 6.47. The SMILES string of the molecule is Cc1nn(C)c(C)c1[C@H]1[C@H](Nc2ncnc3[nH]ncc23)CC(=O)N1C. The fourth-order valence-corrected chi connectivity index (χ4v) is 3.67. The first kappa shape index (κ1) is 15.6. The summed E-state index contributed by atoms with van der Waals surface area (Å²) >= 11 is 0. The van der Waals surface area contributed by atoms with Gasteiger partial charge in [0.25, 0.3) is 0 Å². The average molecular weight is 340 g/mol. The van der Waals surface area contributed by atoms with E-state index in [0.717, 1.165) is 22.3 Å². The Morgan fingerprint density at radius 1 is 1.28 bits per heavy atom. The van der Waals surface area contributed by atoms with Gasteiger partial charge in [-0.2, -0.15) is 10.2 Å². The van der Waals surface area contributed by atoms with Crippen LogP contribution in [0.25, 0.3) is 11.0 Å². The van der Waals surface area contributed by atoms with E-state index in [-0.39, 0.29) is 18.0 Å². The van der Waals surface area contributed by atoms with E-state index in [4.69, 9.17) is 0 Å². The topological polar surface area (TPSA) is 105 Å². The first-order chi connectivity index (χ1) is 12.0. The second-order valence-corrected chi connectivity index (χ2v) is 6.47. The molecule has 3 aromatic heterocycles. The molecule has 130 valence electrons. The molecule has 0 spiro atoms. The molecule has 1 aliphatic heterocycles. The third-order valence-electron chi connectivity index (χ3n) is 5.02. The highest BCUT2D eigenvalue weighted by molar-refractivity contribution is 5.87. The summed E-state index contributed by atoms with van der Waals surface area (Å²) in [5.74, 6) is 0.777. The number of hydrogen-bond acceptors (Lipinski definition) is 6. The molecule has 2 atom stereocenters. The second kappa shape index (κ2) is 5.54. The van der Waals surface area contributed by atoms with Crippen molar-refractivity contribution < 1.29 is 4.79 Å². The number of anilines is 1. The van der Waals surface area contributed by atoms with Crippen LogP contribution in [0.1, 0.15) is 29.4 Å². The monoisotopic (exact) mass is 340 g/mol. The van der Waals surface area contributed by atoms with E-state index in [1.807, 2.05) is 32.6 Å². The largest absolute Gasteiger partial charge is 0.364 e. The lowest BCUT2D eigenvalue weighted by Crippen LogP contribution is -2.31. The Morgan fingerprint density at radius 2 is 2.08 bits per heavy atom. The van der Waals surface area contributed by atoms with Gasteiger partial charge in [0.15, 0.2) is 5.65 Å². The number of carbonyl (C=O) groups excluding carboxylic acids is 1. The van der Waals surface area contributed by atoms with Crippen LogP contribution >= 0.6 is 0 Å². The molecule has 9 heteroatoms. The number of aromatic amines is 1. The van der Waals surface area contributed by atoms with Crippen LogP contribution < -0.4 is 5.32 Å². The van der Waals surface area contributed by atoms with Gasteiger partial charge < -0.3 is 10.2 Å². The van der Waals surface area contributed by atoms with E-state index in [1.54, 1.807) is 11.1 Å². The third-order valence-corrected chi connectivity index (χ3v) is 5.02. The maximum atomic E-state index is 12.4. The van der Waals surface area contributed by atoms with Gasteiger partial charge in [-0.1, -0.05) is 0 Å². The van der Waals surface area contributed by atoms with Gasteiger partial charge in [0.05, 0.1) is 29.4 Å². The molecule has 0 aromatic carbocycles. The Labute approximate surface area is 144 Å². The highest BCUT2D eigenvalue weighted by Gasteiger charge is 2.41. The minimum absolute atomic E-state index is 0.0990. The molecular formula is C16H20N8O. The molecular weight excluding hydrogens is 320 g/mol. The normalized spacial score (nSPS) is 20.6. The predicted molar refractivity (Wildman–Crippen MR) is 91.9 cm³/mol. The van der Waals surface area contributed by atoms with Crippen molar-refractivity contribution in [1.29, 1.82) is 0 Å². The highest BCUT2D eigenvalue weighted by Crippen LogP contribution is 2.37. The lowest BCUT2D eigenvalue weighted by molar-refractivity contribution is -0.127. The third kappa shape index (κ3) is 2.34. The summed E-state index contributed by atoms with van der Waals surface area (Å²) in [5.41, 5.74) is 3.76. The number of fused-ring (bicyclic) bond motifs is 1. The van der Waals surface area contributed by atoms with E-state index in [0.29, 0.717) is 17.9 Å². The smallest absolute Gasteiger partial charge is 0.225 e. The molecule has 4 rings (SSSR count). The average Bonchev–Trinajstić information content (AvgIpc) is 3.22. The fourth-order valence-electron chi connectivity index (χ4n) is 3.67. The number of likely N-dealkylation sites (N-methyl/N-ethyl adjacent to an activating group) is 1. The van der Waals surface area contributed by atoms with Gasteiger partial charge in [0.2, 0.25) is 5.91 Å². The molecule has 1 saturated heterocycles. The van der Waals surface area contributed by atoms with Crippen LogP contribution in [0.5, 0.6) is 0 Å². The molecule has 4 heterocycles. The van der Waals surface area contributed by atoms with Crippen LogP contribution in [0.15, 0.2) is 12.5 Å². The summed E-state index contributed by atoms with van der Waals surface area (Å²) < 4.78 is 1.86. The van der Waals surface area contributed by atoms with Crippen LogP contribution in [0.2, 0.25) is 0 Å². The quantitative estimate of drug-likeness (QED) is 0.739. The van der Waals surface area contributed by atoms with Gasteiger partial charge in [-0.05, 0) is 13.8 Å². The predicted octanol–water partition coefficient (Wildman–Crippen LogP) is 1.09. The number of aryl methyl sites for hydroxylation is 2. The summed E-state index contributed by atoms with van der Waals surface area (Å²) in [5, 5.41) is 15.6. The van der Waals surface area contributed by atoms with Gasteiger partial charge in [0.1, 0.15) is 12.1 Å². The summed E-state index contributed by atoms with van der Waals surface area (Å²) in [7, 11) is 3.76. The lowest BCUT2D eigenvalue weighted by Gasteiger charge is -2.26. The van der Waals surface area contributed by atoms with Crippen molar-refractivity contribution in [2.75, 3.05) is 12.4 Å². The maximum Gasteiger partial charge on any atom is 0.225 e. The Bertz CT molecular complexity index is 958. The summed E-state index contributed by atoms with van der Waals surface area (Å²) in [4.78, 5) is 22.7. The van der Waals surface area contributed by atoms with E-state index in [2.05, 4.69) is 30.6 Å². The molecule has 1 aliphatic rings. The van der Waals surface area contributed by atoms with Crippen molar-refractivity contribution in [3.05, 3.63) is 29.5 Å². The summed E-state index contributed by atoms with van der Waals surface area (Å²) in [6, 6.07) is -0.204. The van der Waals surface area contributed by atoms with Crippen molar-refractivity contribution in [2.45, 2.75) is 32.4 Å². The van der Waals surface area contributed by atoms with E-state index < -0.39 is 0 Å². The van der Waals surface area contributed by atoms with E-state index in [1.165, 1.54) is 6.33 Å². The summed E-state index contributed by atoms with van der Waals surface area (Å²) in [6.07, 6.45) is 3.57. The molecule has 0 saturated carbocycles. The van der Waals surface area contributed by atoms with Crippen molar-refractivity contribution in [2.24, 2.45) is 7.05 Å². The zero-order valence-electron chi connectivity index (χ0n) is 14.6. The van der Waals surface area contributed by atoms with Gasteiger partial charge >= 0.3 is 0 Å². The molecule has 9 nitrogen and oxygen atoms in total. The van der Waals surface area contributed by atoms with Gasteiger partial charge in [-0.15, -0.1) is 0 Å². The fraction of sp³-hybridized carbons (Fsp3) is 0.438. The maximum absolute atomic E-state index is 12.4. The Hall–Kier alpha value is -2.97. The van der Waals surface area contributed by atoms with Crippen LogP contribution in [0.3, 0.4) is 0 Å². The molecule has 0 bridgehead atoms. The molecule has 0 unspecified atom stereocenters. The number of aromatic nitrogens is 6. The van der Waals surface area contributed by atoms with Crippen LogP contribution in [0, 0.1) is 13.8 Å². The number of H-pyrrole nitrogens is 1. The summed E-state index contributed by atoms with van der Waals surface area (Å²) in [6.45, 7) is 4.01. The van der Waals surface area contributed by atoms with Crippen molar-refractivity contribution in [3.8, 4) is 0 Å². The van der Waals surface area contributed by atoms with Gasteiger partial charge in [-0.25, -0.2) is 9.97 Å². The van der Waals surface area contributed by atoms with Crippen molar-refractivity contribution in [3.63, 3.8) is 0 Å². The number of likely N-dealkylation sites (tertiary alicyclic amines) is 1. The molecule has 3 aromatic rings. The number of amides is 1. The number of nitrogens with one attached hydrogen (secondary N) is 2. The molecule has 1 amide bonds. The van der Waals surface area contributed by atoms with Crippen LogP contribution in [0.4, 0.5) is 5.82 Å². The number of rotatable bonds is 3. The molecule has 25 heavy (non-hydrogen) atoms. The number of hydrogen-bond donors (Lipinski definition) is 2. The molecule has 1 fully saturated rings. The standard InChI is InChI=1S/C16H20N8O/c1-8-13(9(2)24(4)22-8)14-11(5-12(25)23(14)3)20-15-10-6-19-21-16(10)18-7-17-15/h6-7,11,14H,5H2,1-4H3,(H2,17,18,19,20,21)/t11-,14-/m1/s1.